The van der Waals surface area contributed by atoms with Crippen LogP contribution < -0.4 is 0 Å². The number of fused-ring (bicyclic) bond motifs is 2. The summed E-state index contributed by atoms with van der Waals surface area (Å²) in [5, 5.41) is 0. The largest absolute Gasteiger partial charge is 0.359 e. The quantitative estimate of drug-likeness (QED) is 0.811. The van der Waals surface area contributed by atoms with Crippen molar-refractivity contribution in [2.45, 2.75) is 25.7 Å². The first-order valence-corrected chi connectivity index (χ1v) is 7.07. The van der Waals surface area contributed by atoms with E-state index < -0.39 is 0 Å². The van der Waals surface area contributed by atoms with Gasteiger partial charge in [0.1, 0.15) is 0 Å². The maximum absolute atomic E-state index is 12.0. The molecule has 2 fully saturated rings. The van der Waals surface area contributed by atoms with Gasteiger partial charge in [-0.15, -0.1) is 0 Å². The summed E-state index contributed by atoms with van der Waals surface area (Å²) in [6.07, 6.45) is 7.53. The fourth-order valence-corrected chi connectivity index (χ4v) is 3.90. The van der Waals surface area contributed by atoms with Gasteiger partial charge >= 0.3 is 0 Å². The summed E-state index contributed by atoms with van der Waals surface area (Å²) in [6, 6.07) is 3.73. The Morgan fingerprint density at radius 1 is 1.44 bits per heavy atom. The lowest BCUT2D eigenvalue weighted by atomic mass is 9.88. The third-order valence-corrected chi connectivity index (χ3v) is 4.74. The van der Waals surface area contributed by atoms with E-state index >= 15 is 0 Å². The van der Waals surface area contributed by atoms with E-state index in [1.807, 2.05) is 18.3 Å². The van der Waals surface area contributed by atoms with E-state index in [2.05, 4.69) is 16.9 Å². The van der Waals surface area contributed by atoms with Crippen molar-refractivity contribution in [2.75, 3.05) is 20.1 Å². The summed E-state index contributed by atoms with van der Waals surface area (Å²) < 4.78 is 0. The van der Waals surface area contributed by atoms with Crippen LogP contribution in [0.15, 0.2) is 18.3 Å². The molecule has 0 spiro atoms. The Morgan fingerprint density at radius 2 is 2.33 bits per heavy atom. The van der Waals surface area contributed by atoms with Crippen LogP contribution in [0.3, 0.4) is 0 Å². The van der Waals surface area contributed by atoms with E-state index in [4.69, 9.17) is 0 Å². The molecular weight excluding hydrogens is 224 g/mol. The van der Waals surface area contributed by atoms with Gasteiger partial charge in [-0.2, -0.15) is 0 Å². The molecular formula is C15H22N2O. The van der Waals surface area contributed by atoms with Gasteiger partial charge in [-0.05, 0) is 56.2 Å². The number of H-pyrrole nitrogens is 1. The first-order valence-electron chi connectivity index (χ1n) is 7.07. The fourth-order valence-electron chi connectivity index (χ4n) is 3.90. The molecule has 3 nitrogen and oxygen atoms in total. The van der Waals surface area contributed by atoms with E-state index in [0.29, 0.717) is 6.54 Å². The molecule has 0 saturated heterocycles. The van der Waals surface area contributed by atoms with Crippen molar-refractivity contribution in [3.05, 3.63) is 24.0 Å². The van der Waals surface area contributed by atoms with Gasteiger partial charge in [0.05, 0.1) is 12.2 Å². The number of carbonyl (C=O) groups is 1. The minimum atomic E-state index is 0.200. The first-order chi connectivity index (χ1) is 8.72. The highest BCUT2D eigenvalue weighted by molar-refractivity contribution is 5.95. The van der Waals surface area contributed by atoms with Gasteiger partial charge in [-0.25, -0.2) is 0 Å². The molecule has 1 aromatic heterocycles. The molecule has 1 heterocycles. The van der Waals surface area contributed by atoms with Crippen LogP contribution in [0.1, 0.15) is 36.2 Å². The van der Waals surface area contributed by atoms with Crippen LogP contribution in [0.5, 0.6) is 0 Å². The van der Waals surface area contributed by atoms with Crippen molar-refractivity contribution in [3.63, 3.8) is 0 Å². The molecule has 2 saturated carbocycles. The summed E-state index contributed by atoms with van der Waals surface area (Å²) in [6.45, 7) is 1.63. The lowest BCUT2D eigenvalue weighted by Gasteiger charge is -2.26. The van der Waals surface area contributed by atoms with Crippen LogP contribution in [0.25, 0.3) is 0 Å². The molecule has 2 aliphatic carbocycles. The third-order valence-electron chi connectivity index (χ3n) is 4.74. The van der Waals surface area contributed by atoms with Crippen molar-refractivity contribution in [3.8, 4) is 0 Å². The zero-order chi connectivity index (χ0) is 12.5. The van der Waals surface area contributed by atoms with Crippen molar-refractivity contribution in [1.29, 1.82) is 0 Å². The molecule has 1 N–H and O–H groups in total. The van der Waals surface area contributed by atoms with E-state index in [9.17, 15) is 4.79 Å². The van der Waals surface area contributed by atoms with Gasteiger partial charge in [-0.3, -0.25) is 9.69 Å². The average Bonchev–Trinajstić information content (AvgIpc) is 3.06. The summed E-state index contributed by atoms with van der Waals surface area (Å²) in [4.78, 5) is 17.2. The van der Waals surface area contributed by atoms with Crippen molar-refractivity contribution < 1.29 is 4.79 Å². The SMILES string of the molecule is CN(CC(=O)c1ccc[nH]1)CC1CC2CCC1C2. The molecule has 0 radical (unpaired) electrons. The summed E-state index contributed by atoms with van der Waals surface area (Å²) in [5.74, 6) is 2.97. The third kappa shape index (κ3) is 2.37. The van der Waals surface area contributed by atoms with E-state index in [1.165, 1.54) is 25.7 Å². The molecule has 3 unspecified atom stereocenters. The minimum absolute atomic E-state index is 0.200. The van der Waals surface area contributed by atoms with Gasteiger partial charge in [0.2, 0.25) is 0 Å². The second kappa shape index (κ2) is 4.88. The lowest BCUT2D eigenvalue weighted by Crippen LogP contribution is -2.33. The van der Waals surface area contributed by atoms with Crippen LogP contribution >= 0.6 is 0 Å². The molecule has 3 heteroatoms. The van der Waals surface area contributed by atoms with Crippen LogP contribution in [0, 0.1) is 17.8 Å². The lowest BCUT2D eigenvalue weighted by molar-refractivity contribution is 0.0925. The van der Waals surface area contributed by atoms with Crippen LogP contribution in [0.4, 0.5) is 0 Å². The zero-order valence-corrected chi connectivity index (χ0v) is 11.1. The Morgan fingerprint density at radius 3 is 2.94 bits per heavy atom. The number of hydrogen-bond acceptors (Lipinski definition) is 2. The molecule has 1 aromatic rings. The predicted molar refractivity (Wildman–Crippen MR) is 71.6 cm³/mol. The molecule has 3 rings (SSSR count). The number of hydrogen-bond donors (Lipinski definition) is 1. The number of ketones is 1. The number of carbonyl (C=O) groups excluding carboxylic acids is 1. The second-order valence-electron chi connectivity index (χ2n) is 6.14. The Kier molecular flexibility index (Phi) is 3.25. The maximum atomic E-state index is 12.0. The predicted octanol–water partition coefficient (Wildman–Crippen LogP) is 2.57. The number of Topliss-reactive ketones (excluding diaryl/α,β-unsaturated/α-hetero) is 1. The van der Waals surface area contributed by atoms with E-state index in [-0.39, 0.29) is 5.78 Å². The number of aromatic nitrogens is 1. The molecule has 2 bridgehead atoms. The zero-order valence-electron chi connectivity index (χ0n) is 11.1. The maximum Gasteiger partial charge on any atom is 0.192 e. The number of rotatable bonds is 5. The Hall–Kier alpha value is -1.09. The van der Waals surface area contributed by atoms with Crippen molar-refractivity contribution in [2.24, 2.45) is 17.8 Å². The van der Waals surface area contributed by atoms with E-state index in [1.54, 1.807) is 0 Å². The standard InChI is InChI=1S/C15H22N2O/c1-17(10-15(18)14-3-2-6-16-14)9-13-8-11-4-5-12(13)7-11/h2-3,6,11-13,16H,4-5,7-10H2,1H3. The van der Waals surface area contributed by atoms with Crippen molar-refractivity contribution in [1.82, 2.24) is 9.88 Å². The number of aromatic amines is 1. The molecule has 3 atom stereocenters. The molecule has 0 aromatic carbocycles. The molecule has 0 amide bonds. The summed E-state index contributed by atoms with van der Waals surface area (Å²) in [5.41, 5.74) is 0.731. The highest BCUT2D eigenvalue weighted by Gasteiger charge is 2.39. The van der Waals surface area contributed by atoms with Crippen LogP contribution in [-0.2, 0) is 0 Å². The highest BCUT2D eigenvalue weighted by atomic mass is 16.1. The molecule has 18 heavy (non-hydrogen) atoms. The summed E-state index contributed by atoms with van der Waals surface area (Å²) >= 11 is 0. The minimum Gasteiger partial charge on any atom is -0.359 e. The highest BCUT2D eigenvalue weighted by Crippen LogP contribution is 2.48. The average molecular weight is 246 g/mol. The smallest absolute Gasteiger partial charge is 0.192 e. The van der Waals surface area contributed by atoms with Crippen LogP contribution in [0.2, 0.25) is 0 Å². The molecule has 98 valence electrons. The Labute approximate surface area is 109 Å². The van der Waals surface area contributed by atoms with Crippen molar-refractivity contribution >= 4 is 5.78 Å². The van der Waals surface area contributed by atoms with E-state index in [0.717, 1.165) is 30.0 Å². The molecule has 0 aliphatic heterocycles. The number of likely N-dealkylation sites (N-methyl/N-ethyl adjacent to an activating group) is 1. The Balaban J connectivity index is 1.50. The fraction of sp³-hybridized carbons (Fsp3) is 0.667. The first kappa shape index (κ1) is 12.0. The van der Waals surface area contributed by atoms with Gasteiger partial charge in [0.25, 0.3) is 0 Å². The Bertz CT molecular complexity index is 412. The summed E-state index contributed by atoms with van der Waals surface area (Å²) in [7, 11) is 2.08. The van der Waals surface area contributed by atoms with Gasteiger partial charge in [-0.1, -0.05) is 6.42 Å². The normalized spacial score (nSPS) is 30.2. The number of nitrogens with zero attached hydrogens (tertiary/aromatic N) is 1. The van der Waals surface area contributed by atoms with Gasteiger partial charge in [0.15, 0.2) is 5.78 Å². The number of nitrogens with one attached hydrogen (secondary N) is 1. The topological polar surface area (TPSA) is 36.1 Å². The van der Waals surface area contributed by atoms with Gasteiger partial charge in [0, 0.05) is 12.7 Å². The monoisotopic (exact) mass is 246 g/mol. The van der Waals surface area contributed by atoms with Gasteiger partial charge < -0.3 is 4.98 Å². The molecule has 2 aliphatic rings. The second-order valence-corrected chi connectivity index (χ2v) is 6.14. The van der Waals surface area contributed by atoms with Crippen LogP contribution in [-0.4, -0.2) is 35.8 Å².